The summed E-state index contributed by atoms with van der Waals surface area (Å²) in [5.74, 6) is 0.0398. The number of hydrogen-bond acceptors (Lipinski definition) is 4. The fourth-order valence-corrected chi connectivity index (χ4v) is 2.25. The highest BCUT2D eigenvalue weighted by Gasteiger charge is 2.30. The zero-order chi connectivity index (χ0) is 15.0. The summed E-state index contributed by atoms with van der Waals surface area (Å²) in [6.07, 6.45) is 3.51. The van der Waals surface area contributed by atoms with Crippen LogP contribution in [0.1, 0.15) is 32.6 Å². The highest BCUT2D eigenvalue weighted by molar-refractivity contribution is 5.88. The summed E-state index contributed by atoms with van der Waals surface area (Å²) >= 11 is 0. The Balaban J connectivity index is 2.30. The first-order valence-electron chi connectivity index (χ1n) is 6.87. The molecule has 0 saturated carbocycles. The van der Waals surface area contributed by atoms with Gasteiger partial charge in [-0.2, -0.15) is 0 Å². The quantitative estimate of drug-likeness (QED) is 0.537. The molecule has 1 aliphatic heterocycles. The van der Waals surface area contributed by atoms with Crippen molar-refractivity contribution in [3.8, 4) is 0 Å². The van der Waals surface area contributed by atoms with Crippen LogP contribution in [0.25, 0.3) is 0 Å². The summed E-state index contributed by atoms with van der Waals surface area (Å²) in [6, 6.07) is -0.365. The molecular formula is C14H22N2O4. The van der Waals surface area contributed by atoms with Crippen molar-refractivity contribution >= 4 is 17.8 Å². The summed E-state index contributed by atoms with van der Waals surface area (Å²) in [5.41, 5.74) is 0. The van der Waals surface area contributed by atoms with E-state index in [1.165, 1.54) is 13.0 Å². The molecule has 0 aromatic rings. The van der Waals surface area contributed by atoms with Gasteiger partial charge in [-0.05, 0) is 26.2 Å². The summed E-state index contributed by atoms with van der Waals surface area (Å²) in [5, 5.41) is 2.59. The summed E-state index contributed by atoms with van der Waals surface area (Å²) in [6.45, 7) is 6.18. The Labute approximate surface area is 119 Å². The molecule has 1 heterocycles. The third-order valence-electron chi connectivity index (χ3n) is 3.21. The molecule has 112 valence electrons. The van der Waals surface area contributed by atoms with Gasteiger partial charge >= 0.3 is 6.09 Å². The molecular weight excluding hydrogens is 260 g/mol. The van der Waals surface area contributed by atoms with E-state index in [1.807, 2.05) is 0 Å². The van der Waals surface area contributed by atoms with Crippen molar-refractivity contribution in [3.05, 3.63) is 12.7 Å². The highest BCUT2D eigenvalue weighted by Crippen LogP contribution is 2.17. The smallest absolute Gasteiger partial charge is 0.407 e. The molecule has 0 radical (unpaired) electrons. The van der Waals surface area contributed by atoms with Gasteiger partial charge in [-0.3, -0.25) is 9.59 Å². The fraction of sp³-hybridized carbons (Fsp3) is 0.643. The van der Waals surface area contributed by atoms with E-state index in [4.69, 9.17) is 4.74 Å². The van der Waals surface area contributed by atoms with Gasteiger partial charge in [0.15, 0.2) is 5.78 Å². The molecule has 6 heteroatoms. The summed E-state index contributed by atoms with van der Waals surface area (Å²) < 4.78 is 4.76. The second-order valence-electron chi connectivity index (χ2n) is 4.77. The van der Waals surface area contributed by atoms with Gasteiger partial charge < -0.3 is 15.0 Å². The number of carbonyl (C=O) groups is 3. The monoisotopic (exact) mass is 282 g/mol. The zero-order valence-electron chi connectivity index (χ0n) is 11.9. The van der Waals surface area contributed by atoms with Crippen LogP contribution in [0.3, 0.4) is 0 Å². The normalized spacial score (nSPS) is 15.8. The van der Waals surface area contributed by atoms with E-state index < -0.39 is 6.09 Å². The van der Waals surface area contributed by atoms with E-state index in [1.54, 1.807) is 4.90 Å². The number of rotatable bonds is 8. The molecule has 1 fully saturated rings. The summed E-state index contributed by atoms with van der Waals surface area (Å²) in [4.78, 5) is 36.1. The Bertz CT molecular complexity index is 381. The summed E-state index contributed by atoms with van der Waals surface area (Å²) in [7, 11) is 0. The molecule has 6 nitrogen and oxygen atoms in total. The lowest BCUT2D eigenvalue weighted by Crippen LogP contribution is -2.41. The van der Waals surface area contributed by atoms with Crippen LogP contribution in [0.15, 0.2) is 12.7 Å². The lowest BCUT2D eigenvalue weighted by Gasteiger charge is -2.25. The van der Waals surface area contributed by atoms with Gasteiger partial charge in [0.2, 0.25) is 5.91 Å². The van der Waals surface area contributed by atoms with Crippen molar-refractivity contribution in [2.75, 3.05) is 19.7 Å². The van der Waals surface area contributed by atoms with Crippen molar-refractivity contribution in [2.24, 2.45) is 0 Å². The van der Waals surface area contributed by atoms with Crippen LogP contribution >= 0.6 is 0 Å². The molecule has 2 amide bonds. The molecule has 0 bridgehead atoms. The molecule has 1 atom stereocenters. The molecule has 1 N–H and O–H groups in total. The predicted octanol–water partition coefficient (Wildman–Crippen LogP) is 1.26. The predicted molar refractivity (Wildman–Crippen MR) is 74.2 cm³/mol. The number of likely N-dealkylation sites (tertiary alicyclic amines) is 1. The molecule has 1 aliphatic rings. The van der Waals surface area contributed by atoms with Crippen LogP contribution < -0.4 is 5.32 Å². The maximum atomic E-state index is 11.7. The van der Waals surface area contributed by atoms with Crippen LogP contribution in [0.4, 0.5) is 4.79 Å². The van der Waals surface area contributed by atoms with Crippen LogP contribution in [-0.4, -0.2) is 48.4 Å². The van der Waals surface area contributed by atoms with Gasteiger partial charge in [-0.1, -0.05) is 12.7 Å². The minimum Gasteiger partial charge on any atom is -0.445 e. The Kier molecular flexibility index (Phi) is 6.76. The molecule has 0 aliphatic carbocycles. The first kappa shape index (κ1) is 16.2. The van der Waals surface area contributed by atoms with Crippen molar-refractivity contribution in [1.82, 2.24) is 10.2 Å². The maximum Gasteiger partial charge on any atom is 0.407 e. The number of alkyl carbamates (subject to hydrolysis) is 1. The van der Waals surface area contributed by atoms with E-state index in [0.29, 0.717) is 32.4 Å². The van der Waals surface area contributed by atoms with Crippen LogP contribution in [0, 0.1) is 0 Å². The van der Waals surface area contributed by atoms with Gasteiger partial charge in [-0.25, -0.2) is 4.79 Å². The van der Waals surface area contributed by atoms with Gasteiger partial charge in [0.05, 0.1) is 6.04 Å². The SMILES string of the molecule is C=CCOC(=O)NCCC[C@H](C(C)=O)N1CCCC1=O. The lowest BCUT2D eigenvalue weighted by atomic mass is 10.1. The van der Waals surface area contributed by atoms with Crippen molar-refractivity contribution in [2.45, 2.75) is 38.6 Å². The average Bonchev–Trinajstić information content (AvgIpc) is 2.82. The minimum atomic E-state index is -0.499. The second-order valence-corrected chi connectivity index (χ2v) is 4.77. The van der Waals surface area contributed by atoms with Crippen molar-refractivity contribution < 1.29 is 19.1 Å². The molecule has 20 heavy (non-hydrogen) atoms. The first-order chi connectivity index (χ1) is 9.56. The number of ether oxygens (including phenoxy) is 1. The zero-order valence-corrected chi connectivity index (χ0v) is 11.9. The maximum absolute atomic E-state index is 11.7. The number of nitrogens with zero attached hydrogens (tertiary/aromatic N) is 1. The number of hydrogen-bond donors (Lipinski definition) is 1. The third-order valence-corrected chi connectivity index (χ3v) is 3.21. The van der Waals surface area contributed by atoms with E-state index in [2.05, 4.69) is 11.9 Å². The van der Waals surface area contributed by atoms with Crippen LogP contribution in [0.2, 0.25) is 0 Å². The third kappa shape index (κ3) is 5.03. The molecule has 0 spiro atoms. The Morgan fingerprint density at radius 3 is 2.85 bits per heavy atom. The standard InChI is InChI=1S/C14H22N2O4/c1-3-10-20-14(19)15-8-4-6-12(11(2)17)16-9-5-7-13(16)18/h3,12H,1,4-10H2,2H3,(H,15,19)/t12-/m1/s1. The molecule has 1 saturated heterocycles. The lowest BCUT2D eigenvalue weighted by molar-refractivity contribution is -0.135. The fourth-order valence-electron chi connectivity index (χ4n) is 2.25. The highest BCUT2D eigenvalue weighted by atomic mass is 16.5. The van der Waals surface area contributed by atoms with Crippen LogP contribution in [0.5, 0.6) is 0 Å². The molecule has 0 aromatic heterocycles. The van der Waals surface area contributed by atoms with Gasteiger partial charge in [0, 0.05) is 19.5 Å². The number of Topliss-reactive ketones (excluding diaryl/α,β-unsaturated/α-hetero) is 1. The number of nitrogens with one attached hydrogen (secondary N) is 1. The Morgan fingerprint density at radius 1 is 1.55 bits per heavy atom. The minimum absolute atomic E-state index is 0.00511. The first-order valence-corrected chi connectivity index (χ1v) is 6.87. The van der Waals surface area contributed by atoms with Gasteiger partial charge in [0.25, 0.3) is 0 Å². The van der Waals surface area contributed by atoms with E-state index in [0.717, 1.165) is 6.42 Å². The van der Waals surface area contributed by atoms with E-state index in [-0.39, 0.29) is 24.3 Å². The Morgan fingerprint density at radius 2 is 2.30 bits per heavy atom. The number of ketones is 1. The van der Waals surface area contributed by atoms with E-state index in [9.17, 15) is 14.4 Å². The van der Waals surface area contributed by atoms with Gasteiger partial charge in [-0.15, -0.1) is 0 Å². The number of amides is 2. The van der Waals surface area contributed by atoms with Crippen molar-refractivity contribution in [1.29, 1.82) is 0 Å². The molecule has 0 unspecified atom stereocenters. The van der Waals surface area contributed by atoms with Crippen molar-refractivity contribution in [3.63, 3.8) is 0 Å². The molecule has 1 rings (SSSR count). The Hall–Kier alpha value is -1.85. The largest absolute Gasteiger partial charge is 0.445 e. The second kappa shape index (κ2) is 8.35. The average molecular weight is 282 g/mol. The number of carbonyl (C=O) groups excluding carboxylic acids is 3. The topological polar surface area (TPSA) is 75.7 Å². The van der Waals surface area contributed by atoms with Crippen LogP contribution in [-0.2, 0) is 14.3 Å². The van der Waals surface area contributed by atoms with Gasteiger partial charge in [0.1, 0.15) is 6.61 Å². The van der Waals surface area contributed by atoms with E-state index >= 15 is 0 Å². The molecule has 0 aromatic carbocycles.